The maximum absolute atomic E-state index is 11.6. The van der Waals surface area contributed by atoms with Crippen LogP contribution in [0.2, 0.25) is 5.02 Å². The lowest BCUT2D eigenvalue weighted by molar-refractivity contribution is -0.132. The SMILES string of the molecule is CCC(=O)N1CCN(CCOc2ccc(Cl)cc2)CC1. The first-order valence-electron chi connectivity index (χ1n) is 7.07. The number of carbonyl (C=O) groups excluding carboxylic acids is 1. The molecule has 0 spiro atoms. The highest BCUT2D eigenvalue weighted by atomic mass is 35.5. The lowest BCUT2D eigenvalue weighted by Gasteiger charge is -2.34. The Kier molecular flexibility index (Phi) is 5.68. The van der Waals surface area contributed by atoms with E-state index in [0.29, 0.717) is 18.1 Å². The number of hydrogen-bond acceptors (Lipinski definition) is 3. The first kappa shape index (κ1) is 15.1. The van der Waals surface area contributed by atoms with Gasteiger partial charge in [-0.1, -0.05) is 18.5 Å². The quantitative estimate of drug-likeness (QED) is 0.836. The largest absolute Gasteiger partial charge is 0.492 e. The van der Waals surface area contributed by atoms with Crippen LogP contribution in [0.25, 0.3) is 0 Å². The van der Waals surface area contributed by atoms with Crippen molar-refractivity contribution in [2.75, 3.05) is 39.3 Å². The van der Waals surface area contributed by atoms with Gasteiger partial charge in [-0.05, 0) is 24.3 Å². The second kappa shape index (κ2) is 7.50. The minimum atomic E-state index is 0.252. The smallest absolute Gasteiger partial charge is 0.222 e. The Morgan fingerprint density at radius 2 is 1.85 bits per heavy atom. The fraction of sp³-hybridized carbons (Fsp3) is 0.533. The van der Waals surface area contributed by atoms with Gasteiger partial charge in [0.15, 0.2) is 0 Å². The first-order valence-corrected chi connectivity index (χ1v) is 7.45. The van der Waals surface area contributed by atoms with Crippen LogP contribution >= 0.6 is 11.6 Å². The van der Waals surface area contributed by atoms with Crippen LogP contribution in [0.5, 0.6) is 5.75 Å². The maximum atomic E-state index is 11.6. The second-order valence-electron chi connectivity index (χ2n) is 4.88. The zero-order valence-electron chi connectivity index (χ0n) is 11.8. The molecule has 0 atom stereocenters. The second-order valence-corrected chi connectivity index (χ2v) is 5.31. The van der Waals surface area contributed by atoms with E-state index in [9.17, 15) is 4.79 Å². The lowest BCUT2D eigenvalue weighted by Crippen LogP contribution is -2.49. The van der Waals surface area contributed by atoms with Crippen LogP contribution in [-0.2, 0) is 4.79 Å². The molecule has 1 aliphatic heterocycles. The summed E-state index contributed by atoms with van der Waals surface area (Å²) in [6.07, 6.45) is 0.597. The standard InChI is InChI=1S/C15H21ClN2O2/c1-2-15(19)18-9-7-17(8-10-18)11-12-20-14-5-3-13(16)4-6-14/h3-6H,2,7-12H2,1H3. The van der Waals surface area contributed by atoms with E-state index in [2.05, 4.69) is 4.90 Å². The third-order valence-corrected chi connectivity index (χ3v) is 3.77. The van der Waals surface area contributed by atoms with Gasteiger partial charge in [-0.25, -0.2) is 0 Å². The predicted molar refractivity (Wildman–Crippen MR) is 80.3 cm³/mol. The molecule has 20 heavy (non-hydrogen) atoms. The fourth-order valence-corrected chi connectivity index (χ4v) is 2.39. The summed E-state index contributed by atoms with van der Waals surface area (Å²) >= 11 is 5.82. The van der Waals surface area contributed by atoms with Gasteiger partial charge in [0.2, 0.25) is 5.91 Å². The molecule has 0 saturated carbocycles. The van der Waals surface area contributed by atoms with Gasteiger partial charge in [0.05, 0.1) is 0 Å². The predicted octanol–water partition coefficient (Wildman–Crippen LogP) is 2.27. The minimum absolute atomic E-state index is 0.252. The highest BCUT2D eigenvalue weighted by Crippen LogP contribution is 2.15. The number of benzene rings is 1. The van der Waals surface area contributed by atoms with Crippen LogP contribution < -0.4 is 4.74 Å². The number of amides is 1. The van der Waals surface area contributed by atoms with Crippen molar-refractivity contribution in [3.05, 3.63) is 29.3 Å². The molecule has 1 amide bonds. The van der Waals surface area contributed by atoms with Crippen LogP contribution in [0.4, 0.5) is 0 Å². The molecule has 1 heterocycles. The van der Waals surface area contributed by atoms with E-state index in [-0.39, 0.29) is 5.91 Å². The third-order valence-electron chi connectivity index (χ3n) is 3.52. The first-order chi connectivity index (χ1) is 9.69. The number of ether oxygens (including phenoxy) is 1. The van der Waals surface area contributed by atoms with Gasteiger partial charge in [-0.2, -0.15) is 0 Å². The van der Waals surface area contributed by atoms with Gasteiger partial charge < -0.3 is 9.64 Å². The summed E-state index contributed by atoms with van der Waals surface area (Å²) < 4.78 is 5.68. The summed E-state index contributed by atoms with van der Waals surface area (Å²) in [7, 11) is 0. The van der Waals surface area contributed by atoms with Crippen LogP contribution in [0.15, 0.2) is 24.3 Å². The van der Waals surface area contributed by atoms with E-state index < -0.39 is 0 Å². The monoisotopic (exact) mass is 296 g/mol. The Balaban J connectivity index is 1.66. The van der Waals surface area contributed by atoms with Crippen LogP contribution in [0.3, 0.4) is 0 Å². The number of halogens is 1. The molecule has 0 N–H and O–H groups in total. The summed E-state index contributed by atoms with van der Waals surface area (Å²) in [5.41, 5.74) is 0. The van der Waals surface area contributed by atoms with E-state index in [1.807, 2.05) is 36.1 Å². The number of hydrogen-bond donors (Lipinski definition) is 0. The van der Waals surface area contributed by atoms with E-state index in [4.69, 9.17) is 16.3 Å². The highest BCUT2D eigenvalue weighted by Gasteiger charge is 2.19. The summed E-state index contributed by atoms with van der Waals surface area (Å²) in [6, 6.07) is 7.40. The molecule has 1 aromatic carbocycles. The zero-order chi connectivity index (χ0) is 14.4. The molecule has 1 aromatic rings. The van der Waals surface area contributed by atoms with E-state index >= 15 is 0 Å². The molecule has 2 rings (SSSR count). The van der Waals surface area contributed by atoms with Crippen molar-refractivity contribution in [3.8, 4) is 5.75 Å². The Labute approximate surface area is 125 Å². The molecule has 110 valence electrons. The van der Waals surface area contributed by atoms with Crippen molar-refractivity contribution >= 4 is 17.5 Å². The van der Waals surface area contributed by atoms with Crippen molar-refractivity contribution < 1.29 is 9.53 Å². The Bertz CT molecular complexity index is 428. The molecule has 0 bridgehead atoms. The zero-order valence-corrected chi connectivity index (χ0v) is 12.6. The molecule has 0 unspecified atom stereocenters. The van der Waals surface area contributed by atoms with Crippen molar-refractivity contribution in [1.82, 2.24) is 9.80 Å². The number of nitrogens with zero attached hydrogens (tertiary/aromatic N) is 2. The van der Waals surface area contributed by atoms with Gasteiger partial charge >= 0.3 is 0 Å². The van der Waals surface area contributed by atoms with Gasteiger partial charge in [0, 0.05) is 44.2 Å². The number of carbonyl (C=O) groups is 1. The molecule has 1 saturated heterocycles. The average molecular weight is 297 g/mol. The molecule has 5 heteroatoms. The van der Waals surface area contributed by atoms with Gasteiger partial charge in [-0.15, -0.1) is 0 Å². The molecule has 1 fully saturated rings. The van der Waals surface area contributed by atoms with Crippen LogP contribution in [0, 0.1) is 0 Å². The Morgan fingerprint density at radius 1 is 1.20 bits per heavy atom. The van der Waals surface area contributed by atoms with Crippen molar-refractivity contribution in [2.24, 2.45) is 0 Å². The topological polar surface area (TPSA) is 32.8 Å². The van der Waals surface area contributed by atoms with E-state index in [0.717, 1.165) is 38.5 Å². The average Bonchev–Trinajstić information content (AvgIpc) is 2.49. The van der Waals surface area contributed by atoms with Gasteiger partial charge in [0.25, 0.3) is 0 Å². The van der Waals surface area contributed by atoms with Crippen LogP contribution in [-0.4, -0.2) is 55.0 Å². The highest BCUT2D eigenvalue weighted by molar-refractivity contribution is 6.30. The van der Waals surface area contributed by atoms with E-state index in [1.165, 1.54) is 0 Å². The lowest BCUT2D eigenvalue weighted by atomic mass is 10.3. The maximum Gasteiger partial charge on any atom is 0.222 e. The molecule has 0 radical (unpaired) electrons. The summed E-state index contributed by atoms with van der Waals surface area (Å²) in [5, 5.41) is 0.717. The van der Waals surface area contributed by atoms with Crippen molar-refractivity contribution in [1.29, 1.82) is 0 Å². The summed E-state index contributed by atoms with van der Waals surface area (Å²) in [5.74, 6) is 1.09. The Morgan fingerprint density at radius 3 is 2.45 bits per heavy atom. The molecular weight excluding hydrogens is 276 g/mol. The summed E-state index contributed by atoms with van der Waals surface area (Å²) in [6.45, 7) is 6.96. The van der Waals surface area contributed by atoms with Gasteiger partial charge in [-0.3, -0.25) is 9.69 Å². The molecule has 4 nitrogen and oxygen atoms in total. The summed E-state index contributed by atoms with van der Waals surface area (Å²) in [4.78, 5) is 15.8. The number of piperazine rings is 1. The number of rotatable bonds is 5. The van der Waals surface area contributed by atoms with Crippen molar-refractivity contribution in [3.63, 3.8) is 0 Å². The third kappa shape index (κ3) is 4.39. The van der Waals surface area contributed by atoms with Crippen LogP contribution in [0.1, 0.15) is 13.3 Å². The van der Waals surface area contributed by atoms with Crippen molar-refractivity contribution in [2.45, 2.75) is 13.3 Å². The fourth-order valence-electron chi connectivity index (χ4n) is 2.27. The molecule has 0 aliphatic carbocycles. The minimum Gasteiger partial charge on any atom is -0.492 e. The normalized spacial score (nSPS) is 16.2. The molecular formula is C15H21ClN2O2. The molecule has 0 aromatic heterocycles. The van der Waals surface area contributed by atoms with Gasteiger partial charge in [0.1, 0.15) is 12.4 Å². The molecule has 1 aliphatic rings. The van der Waals surface area contributed by atoms with E-state index in [1.54, 1.807) is 0 Å². The Hall–Kier alpha value is -1.26.